The van der Waals surface area contributed by atoms with Crippen molar-refractivity contribution in [1.82, 2.24) is 4.98 Å². The van der Waals surface area contributed by atoms with Crippen molar-refractivity contribution in [2.24, 2.45) is 0 Å². The third-order valence-corrected chi connectivity index (χ3v) is 3.83. The molecule has 0 fully saturated rings. The molecule has 2 aromatic rings. The molecule has 98 valence electrons. The number of aliphatic hydroxyl groups excluding tert-OH is 1. The number of benzene rings is 1. The summed E-state index contributed by atoms with van der Waals surface area (Å²) in [7, 11) is 2.10. The van der Waals surface area contributed by atoms with Gasteiger partial charge in [-0.05, 0) is 33.3 Å². The van der Waals surface area contributed by atoms with Crippen LogP contribution in [0.1, 0.15) is 26.0 Å². The van der Waals surface area contributed by atoms with Crippen LogP contribution in [-0.2, 0) is 0 Å². The monoisotopic (exact) mass is 246 g/mol. The zero-order chi connectivity index (χ0) is 13.3. The minimum atomic E-state index is -0.0650. The van der Waals surface area contributed by atoms with Crippen LogP contribution in [0.5, 0.6) is 0 Å². The van der Waals surface area contributed by atoms with Crippen molar-refractivity contribution in [2.45, 2.75) is 32.7 Å². The van der Waals surface area contributed by atoms with Gasteiger partial charge in [-0.3, -0.25) is 0 Å². The Balaban J connectivity index is 2.50. The van der Waals surface area contributed by atoms with Gasteiger partial charge >= 0.3 is 0 Å². The smallest absolute Gasteiger partial charge is 0.0656 e. The minimum absolute atomic E-state index is 0.0650. The Bertz CT molecular complexity index is 542. The largest absolute Gasteiger partial charge is 0.396 e. The lowest BCUT2D eigenvalue weighted by atomic mass is 9.98. The summed E-state index contributed by atoms with van der Waals surface area (Å²) in [5, 5.41) is 10.4. The second kappa shape index (κ2) is 4.65. The third kappa shape index (κ3) is 2.10. The highest BCUT2D eigenvalue weighted by atomic mass is 16.3. The van der Waals surface area contributed by atoms with Crippen LogP contribution in [0.25, 0.3) is 10.9 Å². The van der Waals surface area contributed by atoms with Gasteiger partial charge < -0.3 is 15.0 Å². The molecule has 0 spiro atoms. The van der Waals surface area contributed by atoms with Crippen molar-refractivity contribution in [2.75, 3.05) is 18.6 Å². The van der Waals surface area contributed by atoms with Crippen LogP contribution < -0.4 is 4.90 Å². The normalized spacial score (nSPS) is 12.1. The van der Waals surface area contributed by atoms with Gasteiger partial charge in [0.15, 0.2) is 0 Å². The molecule has 1 aromatic heterocycles. The summed E-state index contributed by atoms with van der Waals surface area (Å²) in [6.45, 7) is 6.62. The van der Waals surface area contributed by atoms with Crippen LogP contribution in [0.3, 0.4) is 0 Å². The quantitative estimate of drug-likeness (QED) is 0.870. The molecule has 0 amide bonds. The van der Waals surface area contributed by atoms with E-state index < -0.39 is 0 Å². The molecule has 0 radical (unpaired) electrons. The Kier molecular flexibility index (Phi) is 3.35. The van der Waals surface area contributed by atoms with Crippen LogP contribution in [0.4, 0.5) is 5.69 Å². The van der Waals surface area contributed by atoms with E-state index in [4.69, 9.17) is 0 Å². The highest BCUT2D eigenvalue weighted by Gasteiger charge is 2.26. The van der Waals surface area contributed by atoms with Gasteiger partial charge in [-0.1, -0.05) is 18.2 Å². The number of anilines is 1. The molecule has 3 heteroatoms. The summed E-state index contributed by atoms with van der Waals surface area (Å²) in [6.07, 6.45) is 0.752. The summed E-state index contributed by atoms with van der Waals surface area (Å²) in [6, 6.07) is 8.34. The lowest BCUT2D eigenvalue weighted by Gasteiger charge is -2.37. The van der Waals surface area contributed by atoms with Crippen LogP contribution >= 0.6 is 0 Å². The van der Waals surface area contributed by atoms with Crippen molar-refractivity contribution in [1.29, 1.82) is 0 Å². The summed E-state index contributed by atoms with van der Waals surface area (Å²) in [5.41, 5.74) is 3.50. The Labute approximate surface area is 108 Å². The van der Waals surface area contributed by atoms with E-state index in [1.165, 1.54) is 16.8 Å². The van der Waals surface area contributed by atoms with Gasteiger partial charge in [-0.25, -0.2) is 0 Å². The van der Waals surface area contributed by atoms with Crippen molar-refractivity contribution in [3.63, 3.8) is 0 Å². The maximum absolute atomic E-state index is 9.20. The number of rotatable bonds is 4. The van der Waals surface area contributed by atoms with Crippen molar-refractivity contribution < 1.29 is 5.11 Å². The number of para-hydroxylation sites is 1. The van der Waals surface area contributed by atoms with E-state index in [1.807, 2.05) is 6.07 Å². The number of nitrogens with one attached hydrogen (secondary N) is 1. The molecule has 3 nitrogen and oxygen atoms in total. The summed E-state index contributed by atoms with van der Waals surface area (Å²) in [4.78, 5) is 5.68. The van der Waals surface area contributed by atoms with Crippen LogP contribution in [0, 0.1) is 6.92 Å². The Morgan fingerprint density at radius 3 is 2.61 bits per heavy atom. The van der Waals surface area contributed by atoms with E-state index in [0.717, 1.165) is 11.9 Å². The van der Waals surface area contributed by atoms with Crippen LogP contribution in [0.15, 0.2) is 24.3 Å². The molecular weight excluding hydrogens is 224 g/mol. The van der Waals surface area contributed by atoms with Gasteiger partial charge in [0, 0.05) is 35.8 Å². The van der Waals surface area contributed by atoms with E-state index >= 15 is 0 Å². The number of fused-ring (bicyclic) bond motifs is 1. The van der Waals surface area contributed by atoms with Crippen LogP contribution in [0.2, 0.25) is 0 Å². The molecule has 0 bridgehead atoms. The maximum Gasteiger partial charge on any atom is 0.0656 e. The average molecular weight is 246 g/mol. The van der Waals surface area contributed by atoms with Gasteiger partial charge in [-0.2, -0.15) is 0 Å². The lowest BCUT2D eigenvalue weighted by molar-refractivity contribution is 0.250. The SMILES string of the molecule is Cc1[nH]c2ccccc2c1N(C)C(C)(C)CCO. The summed E-state index contributed by atoms with van der Waals surface area (Å²) >= 11 is 0. The Morgan fingerprint density at radius 2 is 1.94 bits per heavy atom. The molecule has 0 unspecified atom stereocenters. The number of nitrogens with zero attached hydrogens (tertiary/aromatic N) is 1. The third-order valence-electron chi connectivity index (χ3n) is 3.83. The fraction of sp³-hybridized carbons (Fsp3) is 0.467. The molecule has 0 atom stereocenters. The molecular formula is C15H22N2O. The predicted octanol–water partition coefficient (Wildman–Crippen LogP) is 3.07. The first kappa shape index (κ1) is 13.0. The van der Waals surface area contributed by atoms with Gasteiger partial charge in [0.05, 0.1) is 5.69 Å². The average Bonchev–Trinajstić information content (AvgIpc) is 2.63. The topological polar surface area (TPSA) is 39.3 Å². The molecule has 2 rings (SSSR count). The summed E-state index contributed by atoms with van der Waals surface area (Å²) < 4.78 is 0. The number of aliphatic hydroxyl groups is 1. The standard InChI is InChI=1S/C15H22N2O/c1-11-14(17(4)15(2,3)9-10-18)12-7-5-6-8-13(12)16-11/h5-8,16,18H,9-10H2,1-4H3. The van der Waals surface area contributed by atoms with Crippen molar-refractivity contribution >= 4 is 16.6 Å². The number of hydrogen-bond acceptors (Lipinski definition) is 2. The van der Waals surface area contributed by atoms with E-state index in [-0.39, 0.29) is 12.1 Å². The highest BCUT2D eigenvalue weighted by molar-refractivity contribution is 5.95. The van der Waals surface area contributed by atoms with E-state index in [1.54, 1.807) is 0 Å². The first-order valence-electron chi connectivity index (χ1n) is 6.39. The minimum Gasteiger partial charge on any atom is -0.396 e. The second-order valence-electron chi connectivity index (χ2n) is 5.49. The molecule has 0 aliphatic rings. The zero-order valence-corrected chi connectivity index (χ0v) is 11.6. The number of H-pyrrole nitrogens is 1. The van der Waals surface area contributed by atoms with Crippen molar-refractivity contribution in [3.8, 4) is 0 Å². The van der Waals surface area contributed by atoms with E-state index in [0.29, 0.717) is 0 Å². The van der Waals surface area contributed by atoms with E-state index in [9.17, 15) is 5.11 Å². The molecule has 0 saturated heterocycles. The summed E-state index contributed by atoms with van der Waals surface area (Å²) in [5.74, 6) is 0. The van der Waals surface area contributed by atoms with Gasteiger partial charge in [0.25, 0.3) is 0 Å². The molecule has 0 aliphatic carbocycles. The van der Waals surface area contributed by atoms with Gasteiger partial charge in [0.2, 0.25) is 0 Å². The maximum atomic E-state index is 9.20. The predicted molar refractivity (Wildman–Crippen MR) is 77.2 cm³/mol. The molecule has 0 saturated carbocycles. The fourth-order valence-electron chi connectivity index (χ4n) is 2.44. The van der Waals surface area contributed by atoms with Crippen molar-refractivity contribution in [3.05, 3.63) is 30.0 Å². The Morgan fingerprint density at radius 1 is 1.28 bits per heavy atom. The van der Waals surface area contributed by atoms with Crippen LogP contribution in [-0.4, -0.2) is 29.3 Å². The molecule has 0 aliphatic heterocycles. The van der Waals surface area contributed by atoms with Gasteiger partial charge in [0.1, 0.15) is 0 Å². The molecule has 1 heterocycles. The van der Waals surface area contributed by atoms with E-state index in [2.05, 4.69) is 55.9 Å². The molecule has 1 aromatic carbocycles. The molecule has 2 N–H and O–H groups in total. The Hall–Kier alpha value is -1.48. The first-order chi connectivity index (χ1) is 8.47. The fourth-order valence-corrected chi connectivity index (χ4v) is 2.44. The lowest BCUT2D eigenvalue weighted by Crippen LogP contribution is -2.42. The highest BCUT2D eigenvalue weighted by Crippen LogP contribution is 2.34. The zero-order valence-electron chi connectivity index (χ0n) is 11.6. The molecule has 18 heavy (non-hydrogen) atoms. The van der Waals surface area contributed by atoms with Gasteiger partial charge in [-0.15, -0.1) is 0 Å². The number of hydrogen-bond donors (Lipinski definition) is 2. The number of aromatic amines is 1. The first-order valence-corrected chi connectivity index (χ1v) is 6.39. The second-order valence-corrected chi connectivity index (χ2v) is 5.49. The number of aryl methyl sites for hydroxylation is 1. The number of aromatic nitrogens is 1.